The molecule has 1 saturated heterocycles. The third kappa shape index (κ3) is 4.36. The number of aryl methyl sites for hydroxylation is 1. The topological polar surface area (TPSA) is 54.0 Å². The molecule has 0 atom stereocenters. The molecule has 3 rings (SSSR count). The molecule has 1 amide bonds. The van der Waals surface area contributed by atoms with E-state index in [9.17, 15) is 13.6 Å². The van der Waals surface area contributed by atoms with Gasteiger partial charge in [-0.3, -0.25) is 4.79 Å². The highest BCUT2D eigenvalue weighted by atomic mass is 32.1. The normalized spacial score (nSPS) is 15.4. The largest absolute Gasteiger partial charge is 0.317 e. The van der Waals surface area contributed by atoms with Gasteiger partial charge in [-0.25, -0.2) is 13.8 Å². The Morgan fingerprint density at radius 1 is 1.33 bits per heavy atom. The van der Waals surface area contributed by atoms with E-state index in [0.29, 0.717) is 11.0 Å². The Balaban J connectivity index is 1.53. The molecule has 1 aromatic heterocycles. The maximum Gasteiger partial charge on any atom is 0.226 e. The monoisotopic (exact) mass is 351 g/mol. The fourth-order valence-electron chi connectivity index (χ4n) is 2.80. The van der Waals surface area contributed by atoms with E-state index in [-0.39, 0.29) is 24.3 Å². The van der Waals surface area contributed by atoms with Gasteiger partial charge in [0.25, 0.3) is 0 Å². The number of hydrogen-bond donors (Lipinski definition) is 2. The van der Waals surface area contributed by atoms with Gasteiger partial charge in [0.05, 0.1) is 0 Å². The summed E-state index contributed by atoms with van der Waals surface area (Å²) in [6.45, 7) is 2.01. The molecule has 0 spiro atoms. The number of carbonyl (C=O) groups is 1. The van der Waals surface area contributed by atoms with Crippen LogP contribution in [0.25, 0.3) is 0 Å². The highest BCUT2D eigenvalue weighted by Gasteiger charge is 2.18. The first-order valence-corrected chi connectivity index (χ1v) is 8.83. The van der Waals surface area contributed by atoms with Gasteiger partial charge in [0.1, 0.15) is 11.6 Å². The first-order valence-electron chi connectivity index (χ1n) is 8.02. The van der Waals surface area contributed by atoms with Crippen LogP contribution >= 0.6 is 11.3 Å². The molecule has 1 aliphatic rings. The van der Waals surface area contributed by atoms with Gasteiger partial charge in [-0.15, -0.1) is 11.3 Å². The average molecular weight is 351 g/mol. The van der Waals surface area contributed by atoms with Crippen molar-refractivity contribution in [2.75, 3.05) is 18.4 Å². The first-order chi connectivity index (χ1) is 11.6. The molecule has 0 saturated carbocycles. The number of piperidine rings is 1. The van der Waals surface area contributed by atoms with Crippen LogP contribution in [0.15, 0.2) is 24.4 Å². The molecular formula is C17H19F2N3OS. The van der Waals surface area contributed by atoms with Gasteiger partial charge >= 0.3 is 0 Å². The van der Waals surface area contributed by atoms with Gasteiger partial charge in [-0.05, 0) is 62.0 Å². The van der Waals surface area contributed by atoms with Crippen molar-refractivity contribution < 1.29 is 13.6 Å². The Labute approximate surface area is 143 Å². The summed E-state index contributed by atoms with van der Waals surface area (Å²) >= 11 is 1.49. The molecule has 2 aromatic rings. The number of nitrogens with zero attached hydrogens (tertiary/aromatic N) is 1. The third-order valence-corrected chi connectivity index (χ3v) is 5.22. The molecule has 2 heterocycles. The molecular weight excluding hydrogens is 332 g/mol. The summed E-state index contributed by atoms with van der Waals surface area (Å²) in [5.74, 6) is -0.745. The lowest BCUT2D eigenvalue weighted by molar-refractivity contribution is -0.116. The van der Waals surface area contributed by atoms with Crippen molar-refractivity contribution in [3.63, 3.8) is 0 Å². The Bertz CT molecular complexity index is 714. The van der Waals surface area contributed by atoms with Crippen molar-refractivity contribution in [1.29, 1.82) is 0 Å². The number of hydrogen-bond acceptors (Lipinski definition) is 4. The maximum atomic E-state index is 13.5. The van der Waals surface area contributed by atoms with Crippen molar-refractivity contribution in [2.45, 2.75) is 31.6 Å². The average Bonchev–Trinajstić information content (AvgIpc) is 3.05. The molecule has 1 aromatic carbocycles. The summed E-state index contributed by atoms with van der Waals surface area (Å²) in [7, 11) is 0. The van der Waals surface area contributed by atoms with E-state index in [1.54, 1.807) is 0 Å². The lowest BCUT2D eigenvalue weighted by atomic mass is 9.97. The summed E-state index contributed by atoms with van der Waals surface area (Å²) in [5, 5.41) is 6.63. The Kier molecular flexibility index (Phi) is 5.52. The number of halogens is 2. The zero-order valence-electron chi connectivity index (χ0n) is 13.1. The summed E-state index contributed by atoms with van der Waals surface area (Å²) in [6, 6.07) is 3.27. The van der Waals surface area contributed by atoms with E-state index in [0.717, 1.165) is 44.1 Å². The zero-order valence-corrected chi connectivity index (χ0v) is 14.0. The van der Waals surface area contributed by atoms with Crippen LogP contribution in [-0.4, -0.2) is 24.0 Å². The third-order valence-electron chi connectivity index (χ3n) is 4.14. The van der Waals surface area contributed by atoms with Crippen molar-refractivity contribution in [3.05, 3.63) is 46.5 Å². The van der Waals surface area contributed by atoms with Gasteiger partial charge < -0.3 is 10.6 Å². The van der Waals surface area contributed by atoms with E-state index in [1.807, 2.05) is 6.20 Å². The van der Waals surface area contributed by atoms with Gasteiger partial charge in [0, 0.05) is 17.5 Å². The molecule has 1 fully saturated rings. The quantitative estimate of drug-likeness (QED) is 0.867. The predicted molar refractivity (Wildman–Crippen MR) is 90.3 cm³/mol. The van der Waals surface area contributed by atoms with Crippen LogP contribution < -0.4 is 10.6 Å². The summed E-state index contributed by atoms with van der Waals surface area (Å²) < 4.78 is 26.7. The SMILES string of the molecule is O=C(CCc1cc(F)ccc1F)Nc1ncc(C2CCNCC2)s1. The van der Waals surface area contributed by atoms with Crippen LogP contribution in [-0.2, 0) is 11.2 Å². The number of nitrogens with one attached hydrogen (secondary N) is 2. The van der Waals surface area contributed by atoms with Crippen LogP contribution in [0.4, 0.5) is 13.9 Å². The Hall–Kier alpha value is -1.86. The number of carbonyl (C=O) groups excluding carboxylic acids is 1. The molecule has 4 nitrogen and oxygen atoms in total. The predicted octanol–water partition coefficient (Wildman–Crippen LogP) is 3.46. The minimum Gasteiger partial charge on any atom is -0.317 e. The minimum atomic E-state index is -0.502. The van der Waals surface area contributed by atoms with Crippen molar-refractivity contribution >= 4 is 22.4 Å². The minimum absolute atomic E-state index is 0.0859. The van der Waals surface area contributed by atoms with E-state index >= 15 is 0 Å². The first kappa shape index (κ1) is 17.0. The van der Waals surface area contributed by atoms with Crippen molar-refractivity contribution in [2.24, 2.45) is 0 Å². The van der Waals surface area contributed by atoms with Crippen LogP contribution in [0.5, 0.6) is 0 Å². The van der Waals surface area contributed by atoms with E-state index < -0.39 is 11.6 Å². The van der Waals surface area contributed by atoms with Gasteiger partial charge in [0.2, 0.25) is 5.91 Å². The smallest absolute Gasteiger partial charge is 0.226 e. The number of aromatic nitrogens is 1. The second-order valence-electron chi connectivity index (χ2n) is 5.88. The lowest BCUT2D eigenvalue weighted by Gasteiger charge is -2.20. The van der Waals surface area contributed by atoms with E-state index in [2.05, 4.69) is 15.6 Å². The zero-order chi connectivity index (χ0) is 16.9. The van der Waals surface area contributed by atoms with E-state index in [1.165, 1.54) is 16.2 Å². The molecule has 0 aliphatic carbocycles. The molecule has 1 aliphatic heterocycles. The second-order valence-corrected chi connectivity index (χ2v) is 6.94. The number of amides is 1. The molecule has 128 valence electrons. The second kappa shape index (κ2) is 7.81. The molecule has 7 heteroatoms. The Morgan fingerprint density at radius 2 is 2.12 bits per heavy atom. The molecule has 0 bridgehead atoms. The molecule has 0 unspecified atom stereocenters. The van der Waals surface area contributed by atoms with Crippen molar-refractivity contribution in [1.82, 2.24) is 10.3 Å². The van der Waals surface area contributed by atoms with Gasteiger partial charge in [0.15, 0.2) is 5.13 Å². The fraction of sp³-hybridized carbons (Fsp3) is 0.412. The summed E-state index contributed by atoms with van der Waals surface area (Å²) in [5.41, 5.74) is 0.208. The van der Waals surface area contributed by atoms with Crippen LogP contribution in [0.3, 0.4) is 0 Å². The van der Waals surface area contributed by atoms with Crippen molar-refractivity contribution in [3.8, 4) is 0 Å². The number of thiazole rings is 1. The lowest BCUT2D eigenvalue weighted by Crippen LogP contribution is -2.26. The number of anilines is 1. The highest BCUT2D eigenvalue weighted by Crippen LogP contribution is 2.31. The van der Waals surface area contributed by atoms with Gasteiger partial charge in [-0.2, -0.15) is 0 Å². The molecule has 24 heavy (non-hydrogen) atoms. The fourth-order valence-corrected chi connectivity index (χ4v) is 3.81. The summed E-state index contributed by atoms with van der Waals surface area (Å²) in [4.78, 5) is 17.4. The van der Waals surface area contributed by atoms with Gasteiger partial charge in [-0.1, -0.05) is 0 Å². The highest BCUT2D eigenvalue weighted by molar-refractivity contribution is 7.15. The standard InChI is InChI=1S/C17H19F2N3OS/c18-13-2-3-14(19)12(9-13)1-4-16(23)22-17-21-10-15(24-17)11-5-7-20-8-6-11/h2-3,9-11,20H,1,4-8H2,(H,21,22,23). The van der Waals surface area contributed by atoms with Crippen LogP contribution in [0, 0.1) is 11.6 Å². The summed E-state index contributed by atoms with van der Waals surface area (Å²) in [6.07, 6.45) is 4.22. The van der Waals surface area contributed by atoms with E-state index in [4.69, 9.17) is 0 Å². The van der Waals surface area contributed by atoms with Crippen LogP contribution in [0.1, 0.15) is 35.6 Å². The molecule has 0 radical (unpaired) electrons. The maximum absolute atomic E-state index is 13.5. The Morgan fingerprint density at radius 3 is 2.92 bits per heavy atom. The number of rotatable bonds is 5. The number of benzene rings is 1. The van der Waals surface area contributed by atoms with Crippen LogP contribution in [0.2, 0.25) is 0 Å². The molecule has 2 N–H and O–H groups in total.